The summed E-state index contributed by atoms with van der Waals surface area (Å²) in [6.45, 7) is 2.17. The zero-order valence-corrected chi connectivity index (χ0v) is 13.6. The van der Waals surface area contributed by atoms with Crippen molar-refractivity contribution < 1.29 is 4.79 Å². The molecule has 1 fully saturated rings. The van der Waals surface area contributed by atoms with Gasteiger partial charge in [-0.15, -0.1) is 11.3 Å². The molecular weight excluding hydrogens is 312 g/mol. The molecule has 0 radical (unpaired) electrons. The van der Waals surface area contributed by atoms with Gasteiger partial charge in [-0.1, -0.05) is 0 Å². The molecule has 122 valence electrons. The molecule has 3 N–H and O–H groups in total. The molecule has 1 aliphatic rings. The maximum Gasteiger partial charge on any atom is 0.271 e. The Morgan fingerprint density at radius 1 is 1.43 bits per heavy atom. The molecule has 7 nitrogen and oxygen atoms in total. The van der Waals surface area contributed by atoms with E-state index in [0.29, 0.717) is 24.6 Å². The van der Waals surface area contributed by atoms with E-state index in [4.69, 9.17) is 5.73 Å². The Hall–Kier alpha value is -2.06. The van der Waals surface area contributed by atoms with Gasteiger partial charge in [0.1, 0.15) is 5.69 Å². The van der Waals surface area contributed by atoms with Crippen LogP contribution >= 0.6 is 11.3 Å². The van der Waals surface area contributed by atoms with Gasteiger partial charge in [0.15, 0.2) is 0 Å². The van der Waals surface area contributed by atoms with Crippen LogP contribution < -0.4 is 16.0 Å². The van der Waals surface area contributed by atoms with Crippen LogP contribution in [0.1, 0.15) is 28.3 Å². The lowest BCUT2D eigenvalue weighted by atomic mass is 10.1. The van der Waals surface area contributed by atoms with E-state index >= 15 is 0 Å². The number of piperidine rings is 1. The van der Waals surface area contributed by atoms with Gasteiger partial charge in [-0.25, -0.2) is 15.0 Å². The van der Waals surface area contributed by atoms with Gasteiger partial charge in [0.25, 0.3) is 5.91 Å². The smallest absolute Gasteiger partial charge is 0.271 e. The molecule has 0 aliphatic carbocycles. The Balaban J connectivity index is 1.59. The first kappa shape index (κ1) is 15.8. The maximum atomic E-state index is 12.3. The van der Waals surface area contributed by atoms with E-state index in [-0.39, 0.29) is 11.9 Å². The minimum Gasteiger partial charge on any atom is -0.346 e. The van der Waals surface area contributed by atoms with Gasteiger partial charge in [-0.2, -0.15) is 0 Å². The van der Waals surface area contributed by atoms with Crippen molar-refractivity contribution in [1.29, 1.82) is 0 Å². The Labute approximate surface area is 139 Å². The minimum atomic E-state index is -0.120. The second kappa shape index (κ2) is 7.47. The number of rotatable bonds is 5. The molecule has 3 heterocycles. The summed E-state index contributed by atoms with van der Waals surface area (Å²) in [4.78, 5) is 27.3. The fourth-order valence-corrected chi connectivity index (χ4v) is 3.44. The number of nitrogens with two attached hydrogens (primary N) is 1. The summed E-state index contributed by atoms with van der Waals surface area (Å²) < 4.78 is 0. The van der Waals surface area contributed by atoms with Crippen LogP contribution in [0, 0.1) is 0 Å². The number of nitrogens with zero attached hydrogens (tertiary/aromatic N) is 4. The number of anilines is 1. The summed E-state index contributed by atoms with van der Waals surface area (Å²) in [6, 6.07) is 1.88. The first-order valence-corrected chi connectivity index (χ1v) is 8.61. The Kier molecular flexibility index (Phi) is 5.14. The molecule has 0 bridgehead atoms. The second-order valence-corrected chi connectivity index (χ2v) is 6.42. The maximum absolute atomic E-state index is 12.3. The highest BCUT2D eigenvalue weighted by Gasteiger charge is 2.24. The molecule has 1 aliphatic heterocycles. The first-order valence-electron chi connectivity index (χ1n) is 7.73. The Morgan fingerprint density at radius 3 is 3.04 bits per heavy atom. The van der Waals surface area contributed by atoms with Crippen LogP contribution in [0.5, 0.6) is 0 Å². The van der Waals surface area contributed by atoms with Crippen LogP contribution in [0.15, 0.2) is 23.8 Å². The van der Waals surface area contributed by atoms with Crippen LogP contribution in [0.25, 0.3) is 0 Å². The number of hydrogen-bond donors (Lipinski definition) is 2. The highest BCUT2D eigenvalue weighted by molar-refractivity contribution is 7.09. The second-order valence-electron chi connectivity index (χ2n) is 5.47. The van der Waals surface area contributed by atoms with Crippen LogP contribution in [-0.2, 0) is 6.42 Å². The number of thiazole rings is 1. The molecule has 1 saturated heterocycles. The van der Waals surface area contributed by atoms with E-state index in [1.807, 2.05) is 0 Å². The van der Waals surface area contributed by atoms with Crippen molar-refractivity contribution in [3.63, 3.8) is 0 Å². The molecular formula is C15H20N6OS. The standard InChI is InChI=1S/C15H20N6OS/c16-5-4-13-20-12(10-23-13)14(22)19-11-3-1-8-21(9-11)15-17-6-2-7-18-15/h2,6-7,10-11H,1,3-5,8-9,16H2,(H,19,22). The molecule has 23 heavy (non-hydrogen) atoms. The highest BCUT2D eigenvalue weighted by atomic mass is 32.1. The van der Waals surface area contributed by atoms with Crippen LogP contribution in [-0.4, -0.2) is 46.5 Å². The lowest BCUT2D eigenvalue weighted by Gasteiger charge is -2.32. The predicted octanol–water partition coefficient (Wildman–Crippen LogP) is 0.833. The monoisotopic (exact) mass is 332 g/mol. The van der Waals surface area contributed by atoms with Crippen molar-refractivity contribution in [3.05, 3.63) is 34.5 Å². The van der Waals surface area contributed by atoms with Crippen LogP contribution in [0.4, 0.5) is 5.95 Å². The van der Waals surface area contributed by atoms with Gasteiger partial charge in [-0.05, 0) is 25.5 Å². The van der Waals surface area contributed by atoms with Gasteiger partial charge < -0.3 is 16.0 Å². The van der Waals surface area contributed by atoms with Crippen molar-refractivity contribution in [3.8, 4) is 0 Å². The lowest BCUT2D eigenvalue weighted by Crippen LogP contribution is -2.48. The molecule has 0 spiro atoms. The summed E-state index contributed by atoms with van der Waals surface area (Å²) in [6.07, 6.45) is 6.13. The molecule has 8 heteroatoms. The first-order chi connectivity index (χ1) is 11.3. The average Bonchev–Trinajstić information content (AvgIpc) is 3.05. The van der Waals surface area contributed by atoms with Crippen LogP contribution in [0.3, 0.4) is 0 Å². The summed E-state index contributed by atoms with van der Waals surface area (Å²) >= 11 is 1.48. The van der Waals surface area contributed by atoms with E-state index in [0.717, 1.165) is 30.9 Å². The van der Waals surface area contributed by atoms with Gasteiger partial charge in [0.2, 0.25) is 5.95 Å². The zero-order chi connectivity index (χ0) is 16.1. The predicted molar refractivity (Wildman–Crippen MR) is 89.6 cm³/mol. The van der Waals surface area contributed by atoms with Gasteiger partial charge >= 0.3 is 0 Å². The summed E-state index contributed by atoms with van der Waals surface area (Å²) in [5.74, 6) is 0.593. The topological polar surface area (TPSA) is 97.0 Å². The number of carbonyl (C=O) groups is 1. The summed E-state index contributed by atoms with van der Waals surface area (Å²) in [7, 11) is 0. The molecule has 2 aromatic heterocycles. The van der Waals surface area contributed by atoms with Crippen molar-refractivity contribution in [2.75, 3.05) is 24.5 Å². The van der Waals surface area contributed by atoms with E-state index in [9.17, 15) is 4.79 Å². The third-order valence-electron chi connectivity index (χ3n) is 3.73. The molecule has 1 amide bonds. The fraction of sp³-hybridized carbons (Fsp3) is 0.467. The van der Waals surface area contributed by atoms with Gasteiger partial charge in [-0.3, -0.25) is 4.79 Å². The van der Waals surface area contributed by atoms with Crippen molar-refractivity contribution >= 4 is 23.2 Å². The largest absolute Gasteiger partial charge is 0.346 e. The molecule has 2 aromatic rings. The quantitative estimate of drug-likeness (QED) is 0.842. The molecule has 0 aromatic carbocycles. The van der Waals surface area contributed by atoms with Crippen molar-refractivity contribution in [2.24, 2.45) is 5.73 Å². The summed E-state index contributed by atoms with van der Waals surface area (Å²) in [5.41, 5.74) is 5.99. The van der Waals surface area contributed by atoms with Crippen molar-refractivity contribution in [1.82, 2.24) is 20.3 Å². The molecule has 0 saturated carbocycles. The highest BCUT2D eigenvalue weighted by Crippen LogP contribution is 2.16. The van der Waals surface area contributed by atoms with E-state index < -0.39 is 0 Å². The summed E-state index contributed by atoms with van der Waals surface area (Å²) in [5, 5.41) is 5.76. The van der Waals surface area contributed by atoms with Gasteiger partial charge in [0, 0.05) is 43.3 Å². The Morgan fingerprint density at radius 2 is 2.26 bits per heavy atom. The number of nitrogens with one attached hydrogen (secondary N) is 1. The zero-order valence-electron chi connectivity index (χ0n) is 12.8. The minimum absolute atomic E-state index is 0.0831. The molecule has 3 rings (SSSR count). The number of aromatic nitrogens is 3. The normalized spacial score (nSPS) is 18.0. The third kappa shape index (κ3) is 4.02. The fourth-order valence-electron chi connectivity index (χ4n) is 2.64. The van der Waals surface area contributed by atoms with Crippen LogP contribution in [0.2, 0.25) is 0 Å². The Bertz CT molecular complexity index is 646. The van der Waals surface area contributed by atoms with Crippen molar-refractivity contribution in [2.45, 2.75) is 25.3 Å². The average molecular weight is 332 g/mol. The lowest BCUT2D eigenvalue weighted by molar-refractivity contribution is 0.0928. The third-order valence-corrected chi connectivity index (χ3v) is 4.64. The SMILES string of the molecule is NCCc1nc(C(=O)NC2CCCN(c3ncccn3)C2)cs1. The van der Waals surface area contributed by atoms with E-state index in [1.165, 1.54) is 11.3 Å². The van der Waals surface area contributed by atoms with E-state index in [1.54, 1.807) is 23.8 Å². The molecule has 1 atom stereocenters. The van der Waals surface area contributed by atoms with Gasteiger partial charge in [0.05, 0.1) is 5.01 Å². The number of hydrogen-bond acceptors (Lipinski definition) is 7. The molecule has 1 unspecified atom stereocenters. The number of amides is 1. The van der Waals surface area contributed by atoms with E-state index in [2.05, 4.69) is 25.2 Å². The number of carbonyl (C=O) groups excluding carboxylic acids is 1.